The number of aryl methyl sites for hydroxylation is 2. The summed E-state index contributed by atoms with van der Waals surface area (Å²) in [6.07, 6.45) is 5.38. The number of rotatable bonds is 8. The lowest BCUT2D eigenvalue weighted by Crippen LogP contribution is -2.24. The molecule has 1 amide bonds. The van der Waals surface area contributed by atoms with Crippen molar-refractivity contribution in [3.05, 3.63) is 83.4 Å². The molecule has 1 aromatic carbocycles. The molecule has 0 spiro atoms. The van der Waals surface area contributed by atoms with Gasteiger partial charge in [0.2, 0.25) is 5.95 Å². The summed E-state index contributed by atoms with van der Waals surface area (Å²) >= 11 is 0. The van der Waals surface area contributed by atoms with Crippen LogP contribution in [0.5, 0.6) is 0 Å². The number of anilines is 1. The van der Waals surface area contributed by atoms with Gasteiger partial charge in [0.15, 0.2) is 0 Å². The fourth-order valence-corrected chi connectivity index (χ4v) is 2.68. The monoisotopic (exact) mass is 361 g/mol. The van der Waals surface area contributed by atoms with Gasteiger partial charge in [-0.15, -0.1) is 0 Å². The third-order valence-corrected chi connectivity index (χ3v) is 4.03. The molecule has 3 aromatic rings. The van der Waals surface area contributed by atoms with Gasteiger partial charge >= 0.3 is 0 Å². The van der Waals surface area contributed by atoms with Crippen LogP contribution in [0.15, 0.2) is 60.9 Å². The fourth-order valence-electron chi connectivity index (χ4n) is 2.68. The number of hydrogen-bond donors (Lipinski definition) is 2. The van der Waals surface area contributed by atoms with Crippen molar-refractivity contribution in [2.24, 2.45) is 0 Å². The van der Waals surface area contributed by atoms with Crippen LogP contribution in [-0.4, -0.2) is 27.4 Å². The quantitative estimate of drug-likeness (QED) is 0.603. The summed E-state index contributed by atoms with van der Waals surface area (Å²) in [6, 6.07) is 15.8. The van der Waals surface area contributed by atoms with Gasteiger partial charge in [0.1, 0.15) is 5.69 Å². The predicted octanol–water partition coefficient (Wildman–Crippen LogP) is 3.15. The van der Waals surface area contributed by atoms with Crippen LogP contribution in [0.25, 0.3) is 0 Å². The van der Waals surface area contributed by atoms with Crippen LogP contribution < -0.4 is 10.6 Å². The minimum Gasteiger partial charge on any atom is -0.354 e. The maximum atomic E-state index is 12.4. The second-order valence-electron chi connectivity index (χ2n) is 6.28. The van der Waals surface area contributed by atoms with Crippen LogP contribution in [-0.2, 0) is 13.0 Å². The van der Waals surface area contributed by atoms with Gasteiger partial charge in [-0.2, -0.15) is 0 Å². The number of hydrogen-bond acceptors (Lipinski definition) is 5. The average Bonchev–Trinajstić information content (AvgIpc) is 2.70. The molecule has 0 aliphatic heterocycles. The van der Waals surface area contributed by atoms with Gasteiger partial charge in [0.25, 0.3) is 5.91 Å². The molecule has 0 unspecified atom stereocenters. The van der Waals surface area contributed by atoms with E-state index in [1.54, 1.807) is 18.5 Å². The molecule has 27 heavy (non-hydrogen) atoms. The number of amides is 1. The minimum absolute atomic E-state index is 0.225. The molecule has 2 N–H and O–H groups in total. The molecule has 6 heteroatoms. The summed E-state index contributed by atoms with van der Waals surface area (Å²) in [5.41, 5.74) is 3.36. The number of benzene rings is 1. The molecule has 0 aliphatic carbocycles. The van der Waals surface area contributed by atoms with E-state index in [1.165, 1.54) is 5.56 Å². The molecule has 6 nitrogen and oxygen atoms in total. The Morgan fingerprint density at radius 2 is 1.85 bits per heavy atom. The first kappa shape index (κ1) is 18.5. The first-order valence-electron chi connectivity index (χ1n) is 9.01. The normalized spacial score (nSPS) is 10.4. The highest BCUT2D eigenvalue weighted by molar-refractivity contribution is 5.92. The van der Waals surface area contributed by atoms with Crippen LogP contribution in [0.3, 0.4) is 0 Å². The van der Waals surface area contributed by atoms with E-state index < -0.39 is 0 Å². The van der Waals surface area contributed by atoms with E-state index >= 15 is 0 Å². The Morgan fingerprint density at radius 1 is 1.04 bits per heavy atom. The Bertz CT molecular complexity index is 868. The topological polar surface area (TPSA) is 79.8 Å². The smallest absolute Gasteiger partial charge is 0.270 e. The zero-order valence-corrected chi connectivity index (χ0v) is 15.4. The van der Waals surface area contributed by atoms with Crippen molar-refractivity contribution in [2.75, 3.05) is 11.9 Å². The number of carbonyl (C=O) groups is 1. The van der Waals surface area contributed by atoms with Crippen molar-refractivity contribution >= 4 is 11.9 Å². The maximum absolute atomic E-state index is 12.4. The molecule has 0 aliphatic rings. The van der Waals surface area contributed by atoms with Gasteiger partial charge in [-0.3, -0.25) is 9.78 Å². The summed E-state index contributed by atoms with van der Waals surface area (Å²) in [4.78, 5) is 25.1. The second-order valence-corrected chi connectivity index (χ2v) is 6.28. The second kappa shape index (κ2) is 9.43. The molecular weight excluding hydrogens is 338 g/mol. The van der Waals surface area contributed by atoms with Crippen molar-refractivity contribution in [1.29, 1.82) is 0 Å². The van der Waals surface area contributed by atoms with E-state index in [4.69, 9.17) is 0 Å². The molecule has 3 rings (SSSR count). The van der Waals surface area contributed by atoms with E-state index in [0.29, 0.717) is 18.2 Å². The van der Waals surface area contributed by atoms with E-state index in [1.807, 2.05) is 37.3 Å². The maximum Gasteiger partial charge on any atom is 0.270 e. The van der Waals surface area contributed by atoms with E-state index in [-0.39, 0.29) is 5.91 Å². The Balaban J connectivity index is 1.52. The Labute approximate surface area is 159 Å². The van der Waals surface area contributed by atoms with Gasteiger partial charge in [0.05, 0.1) is 0 Å². The van der Waals surface area contributed by atoms with Crippen LogP contribution >= 0.6 is 0 Å². The van der Waals surface area contributed by atoms with Crippen molar-refractivity contribution in [3.63, 3.8) is 0 Å². The van der Waals surface area contributed by atoms with Crippen molar-refractivity contribution < 1.29 is 4.79 Å². The van der Waals surface area contributed by atoms with Crippen molar-refractivity contribution in [1.82, 2.24) is 20.3 Å². The summed E-state index contributed by atoms with van der Waals surface area (Å²) in [5.74, 6) is 0.256. The lowest BCUT2D eigenvalue weighted by atomic mass is 10.1. The molecule has 0 fully saturated rings. The van der Waals surface area contributed by atoms with Crippen molar-refractivity contribution in [3.8, 4) is 0 Å². The van der Waals surface area contributed by atoms with Crippen LogP contribution in [0, 0.1) is 6.92 Å². The molecule has 2 aromatic heterocycles. The number of nitrogens with one attached hydrogen (secondary N) is 2. The highest BCUT2D eigenvalue weighted by atomic mass is 16.1. The predicted molar refractivity (Wildman–Crippen MR) is 105 cm³/mol. The fraction of sp³-hybridized carbons (Fsp3) is 0.238. The summed E-state index contributed by atoms with van der Waals surface area (Å²) in [6.45, 7) is 3.01. The first-order valence-corrected chi connectivity index (χ1v) is 9.01. The summed E-state index contributed by atoms with van der Waals surface area (Å²) in [5, 5.41) is 6.07. The highest BCUT2D eigenvalue weighted by Gasteiger charge is 2.10. The first-order chi connectivity index (χ1) is 13.2. The molecule has 2 heterocycles. The summed E-state index contributed by atoms with van der Waals surface area (Å²) < 4.78 is 0. The third-order valence-electron chi connectivity index (χ3n) is 4.03. The minimum atomic E-state index is -0.225. The summed E-state index contributed by atoms with van der Waals surface area (Å²) in [7, 11) is 0. The van der Waals surface area contributed by atoms with Gasteiger partial charge < -0.3 is 10.6 Å². The van der Waals surface area contributed by atoms with Crippen LogP contribution in [0.2, 0.25) is 0 Å². The van der Waals surface area contributed by atoms with E-state index in [2.05, 4.69) is 37.7 Å². The lowest BCUT2D eigenvalue weighted by molar-refractivity contribution is 0.0945. The van der Waals surface area contributed by atoms with Gasteiger partial charge in [-0.1, -0.05) is 36.4 Å². The number of carbonyl (C=O) groups excluding carboxylic acids is 1. The van der Waals surface area contributed by atoms with Crippen LogP contribution in [0.4, 0.5) is 5.95 Å². The van der Waals surface area contributed by atoms with Crippen LogP contribution in [0.1, 0.15) is 33.7 Å². The molecule has 138 valence electrons. The SMILES string of the molecule is Cc1cc(C(=O)NCc2cccnc2)nc(NCCCc2ccccc2)n1. The number of aromatic nitrogens is 3. The number of pyridine rings is 1. The molecule has 0 radical (unpaired) electrons. The average molecular weight is 361 g/mol. The van der Waals surface area contributed by atoms with E-state index in [9.17, 15) is 4.79 Å². The molecule has 0 saturated carbocycles. The zero-order valence-electron chi connectivity index (χ0n) is 15.4. The molecule has 0 saturated heterocycles. The third kappa shape index (κ3) is 5.88. The van der Waals surface area contributed by atoms with Crippen molar-refractivity contribution in [2.45, 2.75) is 26.3 Å². The van der Waals surface area contributed by atoms with E-state index in [0.717, 1.165) is 30.6 Å². The highest BCUT2D eigenvalue weighted by Crippen LogP contribution is 2.07. The van der Waals surface area contributed by atoms with Gasteiger partial charge in [0, 0.05) is 31.2 Å². The zero-order chi connectivity index (χ0) is 18.9. The molecular formula is C21H23N5O. The standard InChI is InChI=1S/C21H23N5O/c1-16-13-19(20(27)24-15-18-10-5-11-22-14-18)26-21(25-16)23-12-6-9-17-7-3-2-4-8-17/h2-5,7-8,10-11,13-14H,6,9,12,15H2,1H3,(H,24,27)(H,23,25,26). The Hall–Kier alpha value is -3.28. The molecule has 0 atom stereocenters. The largest absolute Gasteiger partial charge is 0.354 e. The Kier molecular flexibility index (Phi) is 6.46. The van der Waals surface area contributed by atoms with Gasteiger partial charge in [-0.25, -0.2) is 9.97 Å². The molecule has 0 bridgehead atoms. The Morgan fingerprint density at radius 3 is 2.63 bits per heavy atom. The number of nitrogens with zero attached hydrogens (tertiary/aromatic N) is 3. The van der Waals surface area contributed by atoms with Gasteiger partial charge in [-0.05, 0) is 43.0 Å². The lowest BCUT2D eigenvalue weighted by Gasteiger charge is -2.09.